The van der Waals surface area contributed by atoms with Gasteiger partial charge < -0.3 is 15.4 Å². The van der Waals surface area contributed by atoms with Crippen molar-refractivity contribution in [1.29, 1.82) is 0 Å². The standard InChI is InChI=1S/C30H25N3O6S/c34-27-7-3-6-25-29(27)21(11-13-28(35)36)26(31-25)16-23-22-15-19(9-12-24(22)32-30(23)37)33-40(38,39)20-10-8-17-4-1-2-5-18(17)14-20/h1-2,4-5,8-10,12,14-16,31,33H,3,6-7,11,13H2,(H,32,37)(H,35,36)/b23-16-. The number of carboxylic acid groups (broad SMARTS) is 1. The smallest absolute Gasteiger partial charge is 0.303 e. The highest BCUT2D eigenvalue weighted by molar-refractivity contribution is 7.92. The minimum atomic E-state index is -3.92. The highest BCUT2D eigenvalue weighted by atomic mass is 32.2. The quantitative estimate of drug-likeness (QED) is 0.236. The molecule has 3 aromatic carbocycles. The maximum absolute atomic E-state index is 13.2. The van der Waals surface area contributed by atoms with Gasteiger partial charge in [0.25, 0.3) is 15.9 Å². The van der Waals surface area contributed by atoms with Gasteiger partial charge >= 0.3 is 5.97 Å². The number of hydrogen-bond acceptors (Lipinski definition) is 5. The van der Waals surface area contributed by atoms with E-state index in [4.69, 9.17) is 0 Å². The van der Waals surface area contributed by atoms with Crippen LogP contribution in [-0.4, -0.2) is 36.2 Å². The summed E-state index contributed by atoms with van der Waals surface area (Å²) in [6.07, 6.45) is 3.36. The number of hydrogen-bond donors (Lipinski definition) is 4. The van der Waals surface area contributed by atoms with Crippen LogP contribution in [0.5, 0.6) is 0 Å². The van der Waals surface area contributed by atoms with Gasteiger partial charge in [0.1, 0.15) is 0 Å². The number of fused-ring (bicyclic) bond motifs is 3. The van der Waals surface area contributed by atoms with E-state index in [2.05, 4.69) is 15.0 Å². The molecule has 10 heteroatoms. The van der Waals surface area contributed by atoms with Gasteiger partial charge in [-0.1, -0.05) is 30.3 Å². The number of amides is 1. The van der Waals surface area contributed by atoms with Crippen LogP contribution >= 0.6 is 0 Å². The molecule has 1 aliphatic heterocycles. The molecule has 0 bridgehead atoms. The number of H-pyrrole nitrogens is 1. The monoisotopic (exact) mass is 555 g/mol. The second-order valence-electron chi connectivity index (χ2n) is 9.93. The first-order valence-corrected chi connectivity index (χ1v) is 14.4. The Morgan fingerprint density at radius 3 is 2.60 bits per heavy atom. The lowest BCUT2D eigenvalue weighted by atomic mass is 9.91. The Morgan fingerprint density at radius 2 is 1.80 bits per heavy atom. The van der Waals surface area contributed by atoms with Crippen molar-refractivity contribution < 1.29 is 27.9 Å². The molecule has 6 rings (SSSR count). The van der Waals surface area contributed by atoms with Crippen molar-refractivity contribution in [1.82, 2.24) is 4.98 Å². The van der Waals surface area contributed by atoms with Crippen LogP contribution < -0.4 is 10.0 Å². The summed E-state index contributed by atoms with van der Waals surface area (Å²) in [7, 11) is -3.92. The fraction of sp³-hybridized carbons (Fsp3) is 0.167. The average molecular weight is 556 g/mol. The number of rotatable bonds is 7. The number of aliphatic carboxylic acids is 1. The van der Waals surface area contributed by atoms with Gasteiger partial charge in [-0.25, -0.2) is 8.42 Å². The summed E-state index contributed by atoms with van der Waals surface area (Å²) in [5.74, 6) is -1.40. The normalized spacial score (nSPS) is 15.7. The predicted molar refractivity (Wildman–Crippen MR) is 152 cm³/mol. The third kappa shape index (κ3) is 4.66. The third-order valence-electron chi connectivity index (χ3n) is 7.29. The summed E-state index contributed by atoms with van der Waals surface area (Å²) in [4.78, 5) is 40.3. The summed E-state index contributed by atoms with van der Waals surface area (Å²) in [5.41, 5.74) is 3.95. The van der Waals surface area contributed by atoms with E-state index in [1.54, 1.807) is 42.5 Å². The average Bonchev–Trinajstić information content (AvgIpc) is 3.44. The Bertz CT molecular complexity index is 1870. The lowest BCUT2D eigenvalue weighted by Crippen LogP contribution is -2.13. The zero-order valence-corrected chi connectivity index (χ0v) is 22.1. The van der Waals surface area contributed by atoms with Gasteiger partial charge in [-0.3, -0.25) is 19.1 Å². The highest BCUT2D eigenvalue weighted by Gasteiger charge is 2.29. The summed E-state index contributed by atoms with van der Waals surface area (Å²) in [6, 6.07) is 17.2. The highest BCUT2D eigenvalue weighted by Crippen LogP contribution is 2.37. The van der Waals surface area contributed by atoms with E-state index >= 15 is 0 Å². The van der Waals surface area contributed by atoms with Gasteiger partial charge in [0.05, 0.1) is 10.5 Å². The Labute approximate surface area is 230 Å². The van der Waals surface area contributed by atoms with E-state index in [1.807, 2.05) is 24.3 Å². The topological polar surface area (TPSA) is 145 Å². The SMILES string of the molecule is O=C(O)CCc1c(/C=C2\C(=O)Nc3ccc(NS(=O)(=O)c4ccc5ccccc5c4)cc32)[nH]c2c1C(=O)CCC2. The van der Waals surface area contributed by atoms with Crippen molar-refractivity contribution in [2.45, 2.75) is 37.0 Å². The Hall–Kier alpha value is -4.70. The fourth-order valence-electron chi connectivity index (χ4n) is 5.39. The summed E-state index contributed by atoms with van der Waals surface area (Å²) in [6.45, 7) is 0. The number of sulfonamides is 1. The molecule has 0 spiro atoms. The van der Waals surface area contributed by atoms with Gasteiger partial charge in [0, 0.05) is 46.7 Å². The van der Waals surface area contributed by atoms with Crippen LogP contribution in [0.15, 0.2) is 65.6 Å². The van der Waals surface area contributed by atoms with Crippen molar-refractivity contribution in [2.75, 3.05) is 10.0 Å². The lowest BCUT2D eigenvalue weighted by Gasteiger charge is -2.11. The lowest BCUT2D eigenvalue weighted by molar-refractivity contribution is -0.137. The molecule has 0 atom stereocenters. The number of Topliss-reactive ketones (excluding diaryl/α,β-unsaturated/α-hetero) is 1. The van der Waals surface area contributed by atoms with Crippen LogP contribution in [0.2, 0.25) is 0 Å². The van der Waals surface area contributed by atoms with Gasteiger partial charge in [0.2, 0.25) is 0 Å². The maximum atomic E-state index is 13.2. The van der Waals surface area contributed by atoms with Crippen molar-refractivity contribution in [3.63, 3.8) is 0 Å². The molecule has 40 heavy (non-hydrogen) atoms. The van der Waals surface area contributed by atoms with Gasteiger partial charge in [-0.15, -0.1) is 0 Å². The van der Waals surface area contributed by atoms with Crippen LogP contribution in [0, 0.1) is 0 Å². The molecule has 9 nitrogen and oxygen atoms in total. The zero-order chi connectivity index (χ0) is 28.0. The minimum Gasteiger partial charge on any atom is -0.481 e. The molecule has 0 fully saturated rings. The number of aromatic amines is 1. The molecule has 0 saturated heterocycles. The molecule has 1 aliphatic carbocycles. The number of ketones is 1. The van der Waals surface area contributed by atoms with Crippen LogP contribution in [0.4, 0.5) is 11.4 Å². The summed E-state index contributed by atoms with van der Waals surface area (Å²) >= 11 is 0. The third-order valence-corrected chi connectivity index (χ3v) is 8.67. The number of aromatic nitrogens is 1. The van der Waals surface area contributed by atoms with Crippen molar-refractivity contribution in [3.05, 3.63) is 88.7 Å². The van der Waals surface area contributed by atoms with Crippen molar-refractivity contribution >= 4 is 61.5 Å². The second kappa shape index (κ2) is 9.80. The first-order chi connectivity index (χ1) is 19.2. The molecular formula is C30H25N3O6S. The molecule has 2 heterocycles. The van der Waals surface area contributed by atoms with E-state index in [1.165, 1.54) is 0 Å². The number of carbonyl (C=O) groups excluding carboxylic acids is 2. The molecule has 2 aliphatic rings. The second-order valence-corrected chi connectivity index (χ2v) is 11.6. The van der Waals surface area contributed by atoms with Crippen LogP contribution in [0.1, 0.15) is 52.1 Å². The van der Waals surface area contributed by atoms with Gasteiger partial charge in [-0.05, 0) is 72.0 Å². The molecule has 4 N–H and O–H groups in total. The minimum absolute atomic E-state index is 0.0378. The van der Waals surface area contributed by atoms with Crippen molar-refractivity contribution in [3.8, 4) is 0 Å². The van der Waals surface area contributed by atoms with Crippen LogP contribution in [0.25, 0.3) is 22.4 Å². The molecule has 0 radical (unpaired) electrons. The molecule has 4 aromatic rings. The predicted octanol–water partition coefficient (Wildman–Crippen LogP) is 5.00. The fourth-order valence-corrected chi connectivity index (χ4v) is 6.48. The number of benzene rings is 3. The molecule has 202 valence electrons. The zero-order valence-electron chi connectivity index (χ0n) is 21.3. The first kappa shape index (κ1) is 25.6. The van der Waals surface area contributed by atoms with Crippen molar-refractivity contribution in [2.24, 2.45) is 0 Å². The van der Waals surface area contributed by atoms with E-state index < -0.39 is 16.0 Å². The van der Waals surface area contributed by atoms with E-state index in [-0.39, 0.29) is 40.7 Å². The molecule has 0 unspecified atom stereocenters. The molecular weight excluding hydrogens is 530 g/mol. The Morgan fingerprint density at radius 1 is 1.00 bits per heavy atom. The Balaban J connectivity index is 1.36. The summed E-state index contributed by atoms with van der Waals surface area (Å²) < 4.78 is 29.0. The number of carbonyl (C=O) groups is 3. The number of carboxylic acids is 1. The maximum Gasteiger partial charge on any atom is 0.303 e. The molecule has 1 aromatic heterocycles. The van der Waals surface area contributed by atoms with Crippen LogP contribution in [0.3, 0.4) is 0 Å². The number of nitrogens with one attached hydrogen (secondary N) is 3. The first-order valence-electron chi connectivity index (χ1n) is 12.9. The number of aryl methyl sites for hydroxylation is 1. The molecule has 1 amide bonds. The van der Waals surface area contributed by atoms with Gasteiger partial charge in [-0.2, -0.15) is 0 Å². The molecule has 0 saturated carbocycles. The van der Waals surface area contributed by atoms with Gasteiger partial charge in [0.15, 0.2) is 5.78 Å². The summed E-state index contributed by atoms with van der Waals surface area (Å²) in [5, 5.41) is 13.8. The Kier molecular flexibility index (Phi) is 6.26. The van der Waals surface area contributed by atoms with E-state index in [0.717, 1.165) is 16.5 Å². The number of anilines is 2. The van der Waals surface area contributed by atoms with E-state index in [0.29, 0.717) is 47.3 Å². The van der Waals surface area contributed by atoms with Crippen LogP contribution in [-0.2, 0) is 32.5 Å². The largest absolute Gasteiger partial charge is 0.481 e. The van der Waals surface area contributed by atoms with E-state index in [9.17, 15) is 27.9 Å².